The van der Waals surface area contributed by atoms with Gasteiger partial charge in [-0.05, 0) is 12.1 Å². The maximum absolute atomic E-state index is 10.9. The standard InChI is InChI=1S/C11H7N3O2/c15-11(16)6-5-12-10-9(6)13-7-3-1-2-4-8(7)14-10/h1-5H,(H,12,14)(H,15,16). The van der Waals surface area contributed by atoms with Crippen LogP contribution in [-0.2, 0) is 0 Å². The van der Waals surface area contributed by atoms with Crippen LogP contribution in [0.15, 0.2) is 30.5 Å². The molecule has 2 N–H and O–H groups in total. The number of hydrogen-bond donors (Lipinski definition) is 2. The second-order valence-electron chi connectivity index (χ2n) is 3.42. The van der Waals surface area contributed by atoms with Crippen molar-refractivity contribution in [2.45, 2.75) is 0 Å². The fourth-order valence-corrected chi connectivity index (χ4v) is 1.66. The lowest BCUT2D eigenvalue weighted by atomic mass is 10.2. The van der Waals surface area contributed by atoms with Gasteiger partial charge in [0.25, 0.3) is 0 Å². The van der Waals surface area contributed by atoms with Gasteiger partial charge >= 0.3 is 5.97 Å². The van der Waals surface area contributed by atoms with Crippen molar-refractivity contribution in [3.05, 3.63) is 36.0 Å². The van der Waals surface area contributed by atoms with Crippen molar-refractivity contribution in [2.75, 3.05) is 0 Å². The van der Waals surface area contributed by atoms with Gasteiger partial charge < -0.3 is 10.1 Å². The molecule has 0 radical (unpaired) electrons. The Balaban J connectivity index is 2.45. The Morgan fingerprint density at radius 3 is 2.56 bits per heavy atom. The summed E-state index contributed by atoms with van der Waals surface area (Å²) in [6.07, 6.45) is 1.41. The predicted octanol–water partition coefficient (Wildman–Crippen LogP) is 1.81. The molecule has 0 aliphatic rings. The number of nitrogens with zero attached hydrogens (tertiary/aromatic N) is 2. The van der Waals surface area contributed by atoms with E-state index in [1.807, 2.05) is 18.2 Å². The Morgan fingerprint density at radius 1 is 1.19 bits per heavy atom. The number of carboxylic acid groups (broad SMARTS) is 1. The van der Waals surface area contributed by atoms with Crippen LogP contribution < -0.4 is 0 Å². The first-order chi connectivity index (χ1) is 7.75. The normalized spacial score (nSPS) is 11.0. The van der Waals surface area contributed by atoms with Crippen molar-refractivity contribution in [3.8, 4) is 0 Å². The minimum atomic E-state index is -1.00. The first-order valence-electron chi connectivity index (χ1n) is 4.73. The van der Waals surface area contributed by atoms with E-state index in [2.05, 4.69) is 15.0 Å². The number of aromatic nitrogens is 3. The van der Waals surface area contributed by atoms with Crippen molar-refractivity contribution in [1.82, 2.24) is 15.0 Å². The van der Waals surface area contributed by atoms with E-state index in [0.29, 0.717) is 16.7 Å². The Morgan fingerprint density at radius 2 is 1.88 bits per heavy atom. The summed E-state index contributed by atoms with van der Waals surface area (Å²) in [4.78, 5) is 22.3. The van der Waals surface area contributed by atoms with Gasteiger partial charge in [0.1, 0.15) is 11.1 Å². The van der Waals surface area contributed by atoms with E-state index in [1.165, 1.54) is 6.20 Å². The number of benzene rings is 1. The Labute approximate surface area is 89.8 Å². The third kappa shape index (κ3) is 1.15. The molecular formula is C11H7N3O2. The van der Waals surface area contributed by atoms with Crippen LogP contribution in [0.3, 0.4) is 0 Å². The van der Waals surface area contributed by atoms with Crippen LogP contribution >= 0.6 is 0 Å². The molecule has 0 saturated carbocycles. The second kappa shape index (κ2) is 3.03. The first kappa shape index (κ1) is 8.84. The Bertz CT molecular complexity index is 703. The average molecular weight is 213 g/mol. The lowest BCUT2D eigenvalue weighted by molar-refractivity contribution is 0.0699. The molecule has 78 valence electrons. The summed E-state index contributed by atoms with van der Waals surface area (Å²) in [5, 5.41) is 8.96. The van der Waals surface area contributed by atoms with Gasteiger partial charge in [-0.25, -0.2) is 14.8 Å². The summed E-state index contributed by atoms with van der Waals surface area (Å²) in [7, 11) is 0. The van der Waals surface area contributed by atoms with Gasteiger partial charge in [-0.3, -0.25) is 0 Å². The zero-order valence-electron chi connectivity index (χ0n) is 8.14. The first-order valence-corrected chi connectivity index (χ1v) is 4.73. The van der Waals surface area contributed by atoms with Crippen LogP contribution in [-0.4, -0.2) is 26.0 Å². The Kier molecular flexibility index (Phi) is 1.67. The largest absolute Gasteiger partial charge is 0.478 e. The molecule has 0 spiro atoms. The van der Waals surface area contributed by atoms with E-state index in [-0.39, 0.29) is 5.56 Å². The smallest absolute Gasteiger partial charge is 0.339 e. The lowest BCUT2D eigenvalue weighted by Gasteiger charge is -1.96. The molecule has 0 bridgehead atoms. The summed E-state index contributed by atoms with van der Waals surface area (Å²) < 4.78 is 0. The number of nitrogens with one attached hydrogen (secondary N) is 1. The highest BCUT2D eigenvalue weighted by Crippen LogP contribution is 2.18. The van der Waals surface area contributed by atoms with Crippen LogP contribution in [0.1, 0.15) is 10.4 Å². The molecular weight excluding hydrogens is 206 g/mol. The molecule has 3 rings (SSSR count). The predicted molar refractivity (Wildman–Crippen MR) is 58.4 cm³/mol. The number of fused-ring (bicyclic) bond motifs is 2. The summed E-state index contributed by atoms with van der Waals surface area (Å²) in [5.41, 5.74) is 2.47. The van der Waals surface area contributed by atoms with Gasteiger partial charge in [0, 0.05) is 6.20 Å². The minimum Gasteiger partial charge on any atom is -0.478 e. The number of aromatic carboxylic acids is 1. The number of rotatable bonds is 1. The lowest BCUT2D eigenvalue weighted by Crippen LogP contribution is -1.95. The fraction of sp³-hybridized carbons (Fsp3) is 0. The van der Waals surface area contributed by atoms with Crippen molar-refractivity contribution in [2.24, 2.45) is 0 Å². The summed E-state index contributed by atoms with van der Waals surface area (Å²) in [6.45, 7) is 0. The number of hydrogen-bond acceptors (Lipinski definition) is 3. The molecule has 0 saturated heterocycles. The molecule has 2 heterocycles. The topological polar surface area (TPSA) is 78.9 Å². The van der Waals surface area contributed by atoms with Crippen LogP contribution in [0.5, 0.6) is 0 Å². The molecule has 0 amide bonds. The van der Waals surface area contributed by atoms with Crippen molar-refractivity contribution in [3.63, 3.8) is 0 Å². The highest BCUT2D eigenvalue weighted by Gasteiger charge is 2.13. The third-order valence-corrected chi connectivity index (χ3v) is 2.41. The molecule has 3 aromatic rings. The SMILES string of the molecule is O=C(O)c1c[nH]c2nc3ccccc3nc12. The zero-order chi connectivity index (χ0) is 11.1. The van der Waals surface area contributed by atoms with Crippen LogP contribution in [0.2, 0.25) is 0 Å². The van der Waals surface area contributed by atoms with Gasteiger partial charge in [0.2, 0.25) is 0 Å². The molecule has 0 fully saturated rings. The van der Waals surface area contributed by atoms with E-state index in [4.69, 9.17) is 5.11 Å². The summed E-state index contributed by atoms with van der Waals surface area (Å²) in [6, 6.07) is 7.35. The van der Waals surface area contributed by atoms with Crippen LogP contribution in [0.25, 0.3) is 22.2 Å². The van der Waals surface area contributed by atoms with Gasteiger partial charge in [-0.2, -0.15) is 0 Å². The molecule has 0 unspecified atom stereocenters. The van der Waals surface area contributed by atoms with Crippen molar-refractivity contribution >= 4 is 28.2 Å². The number of H-pyrrole nitrogens is 1. The summed E-state index contributed by atoms with van der Waals surface area (Å²) >= 11 is 0. The van der Waals surface area contributed by atoms with Gasteiger partial charge in [0.15, 0.2) is 5.65 Å². The van der Waals surface area contributed by atoms with Crippen LogP contribution in [0.4, 0.5) is 0 Å². The zero-order valence-corrected chi connectivity index (χ0v) is 8.14. The number of carboxylic acids is 1. The number of aromatic amines is 1. The molecule has 0 aliphatic heterocycles. The number of carbonyl (C=O) groups is 1. The molecule has 1 aromatic carbocycles. The van der Waals surface area contributed by atoms with Gasteiger partial charge in [-0.1, -0.05) is 12.1 Å². The monoisotopic (exact) mass is 213 g/mol. The molecule has 5 heteroatoms. The van der Waals surface area contributed by atoms with E-state index in [1.54, 1.807) is 6.07 Å². The molecule has 0 aliphatic carbocycles. The molecule has 2 aromatic heterocycles. The molecule has 16 heavy (non-hydrogen) atoms. The Hall–Kier alpha value is -2.43. The minimum absolute atomic E-state index is 0.147. The van der Waals surface area contributed by atoms with Crippen molar-refractivity contribution in [1.29, 1.82) is 0 Å². The van der Waals surface area contributed by atoms with E-state index >= 15 is 0 Å². The summed E-state index contributed by atoms with van der Waals surface area (Å²) in [5.74, 6) is -1.00. The maximum atomic E-state index is 10.9. The van der Waals surface area contributed by atoms with Crippen molar-refractivity contribution < 1.29 is 9.90 Å². The number of para-hydroxylation sites is 2. The quantitative estimate of drug-likeness (QED) is 0.646. The van der Waals surface area contributed by atoms with Gasteiger partial charge in [-0.15, -0.1) is 0 Å². The maximum Gasteiger partial charge on any atom is 0.339 e. The average Bonchev–Trinajstić information content (AvgIpc) is 2.68. The second-order valence-corrected chi connectivity index (χ2v) is 3.42. The van der Waals surface area contributed by atoms with E-state index in [9.17, 15) is 4.79 Å². The fourth-order valence-electron chi connectivity index (χ4n) is 1.66. The van der Waals surface area contributed by atoms with E-state index in [0.717, 1.165) is 5.52 Å². The molecule has 5 nitrogen and oxygen atoms in total. The third-order valence-electron chi connectivity index (χ3n) is 2.41. The van der Waals surface area contributed by atoms with Crippen LogP contribution in [0, 0.1) is 0 Å². The molecule has 0 atom stereocenters. The van der Waals surface area contributed by atoms with Gasteiger partial charge in [0.05, 0.1) is 11.0 Å². The van der Waals surface area contributed by atoms with E-state index < -0.39 is 5.97 Å². The highest BCUT2D eigenvalue weighted by atomic mass is 16.4. The highest BCUT2D eigenvalue weighted by molar-refractivity contribution is 6.02.